The zero-order valence-corrected chi connectivity index (χ0v) is 25.5. The van der Waals surface area contributed by atoms with Crippen LogP contribution in [0, 0.1) is 0 Å². The van der Waals surface area contributed by atoms with Gasteiger partial charge in [0.25, 0.3) is 0 Å². The van der Waals surface area contributed by atoms with Gasteiger partial charge in [0, 0.05) is 13.2 Å². The van der Waals surface area contributed by atoms with Crippen molar-refractivity contribution in [3.05, 3.63) is 12.3 Å². The first kappa shape index (κ1) is 36.4. The van der Waals surface area contributed by atoms with E-state index in [4.69, 9.17) is 18.9 Å². The maximum absolute atomic E-state index is 6.02. The third kappa shape index (κ3) is 31.5. The van der Waals surface area contributed by atoms with Crippen molar-refractivity contribution in [2.24, 2.45) is 0 Å². The molecule has 0 heterocycles. The van der Waals surface area contributed by atoms with Gasteiger partial charge in [0.1, 0.15) is 0 Å². The molecular weight excluding hydrogens is 460 g/mol. The van der Waals surface area contributed by atoms with Crippen molar-refractivity contribution in [3.8, 4) is 0 Å². The van der Waals surface area contributed by atoms with Gasteiger partial charge in [-0.2, -0.15) is 0 Å². The Morgan fingerprint density at radius 3 is 1.54 bits per heavy atom. The predicted octanol–water partition coefficient (Wildman–Crippen LogP) is 10.9. The van der Waals surface area contributed by atoms with E-state index in [0.29, 0.717) is 6.79 Å². The Balaban J connectivity index is 3.43. The molecule has 0 rings (SSSR count). The average Bonchev–Trinajstić information content (AvgIpc) is 2.91. The molecule has 0 saturated heterocycles. The minimum absolute atomic E-state index is 0.0122. The molecule has 0 aromatic rings. The fraction of sp³-hybridized carbons (Fsp3) is 0.939. The Morgan fingerprint density at radius 2 is 0.946 bits per heavy atom. The van der Waals surface area contributed by atoms with Gasteiger partial charge in [0.05, 0.1) is 12.9 Å². The lowest BCUT2D eigenvalue weighted by molar-refractivity contribution is -0.148. The van der Waals surface area contributed by atoms with E-state index >= 15 is 0 Å². The maximum atomic E-state index is 6.02. The van der Waals surface area contributed by atoms with Gasteiger partial charge in [-0.05, 0) is 51.0 Å². The summed E-state index contributed by atoms with van der Waals surface area (Å²) < 4.78 is 23.1. The van der Waals surface area contributed by atoms with E-state index in [2.05, 4.69) is 26.8 Å². The van der Waals surface area contributed by atoms with Crippen LogP contribution in [-0.4, -0.2) is 32.9 Å². The molecule has 0 aromatic heterocycles. The minimum Gasteiger partial charge on any atom is -0.475 e. The van der Waals surface area contributed by atoms with Crippen LogP contribution in [0.25, 0.3) is 0 Å². The van der Waals surface area contributed by atoms with Crippen LogP contribution in [-0.2, 0) is 18.9 Å². The summed E-state index contributed by atoms with van der Waals surface area (Å²) in [5.74, 6) is 0. The van der Waals surface area contributed by atoms with Crippen LogP contribution in [0.3, 0.4) is 0 Å². The molecule has 0 fully saturated rings. The number of allylic oxidation sites excluding steroid dienone is 1. The monoisotopic (exact) mass is 526 g/mol. The van der Waals surface area contributed by atoms with Crippen molar-refractivity contribution >= 4 is 0 Å². The number of rotatable bonds is 32. The molecule has 0 bridgehead atoms. The highest BCUT2D eigenvalue weighted by molar-refractivity contribution is 4.72. The van der Waals surface area contributed by atoms with E-state index in [9.17, 15) is 0 Å². The first-order chi connectivity index (χ1) is 18.3. The second-order valence-electron chi connectivity index (χ2n) is 10.7. The van der Waals surface area contributed by atoms with E-state index in [-0.39, 0.29) is 6.29 Å². The zero-order valence-electron chi connectivity index (χ0n) is 25.5. The molecule has 0 atom stereocenters. The van der Waals surface area contributed by atoms with Gasteiger partial charge in [-0.25, -0.2) is 0 Å². The summed E-state index contributed by atoms with van der Waals surface area (Å²) in [5, 5.41) is 0. The first-order valence-corrected chi connectivity index (χ1v) is 16.4. The Morgan fingerprint density at radius 1 is 0.486 bits per heavy atom. The Bertz CT molecular complexity index is 415. The Kier molecular flexibility index (Phi) is 32.9. The van der Waals surface area contributed by atoms with Crippen molar-refractivity contribution in [1.82, 2.24) is 0 Å². The fourth-order valence-corrected chi connectivity index (χ4v) is 4.43. The molecule has 0 N–H and O–H groups in total. The van der Waals surface area contributed by atoms with E-state index in [1.807, 2.05) is 6.26 Å². The highest BCUT2D eigenvalue weighted by Gasteiger charge is 2.09. The molecule has 0 amide bonds. The molecule has 4 nitrogen and oxygen atoms in total. The zero-order chi connectivity index (χ0) is 26.9. The van der Waals surface area contributed by atoms with Crippen molar-refractivity contribution in [2.75, 3.05) is 26.6 Å². The van der Waals surface area contributed by atoms with Gasteiger partial charge in [0.15, 0.2) is 13.1 Å². The third-order valence-corrected chi connectivity index (χ3v) is 6.90. The number of hydrogen-bond acceptors (Lipinski definition) is 4. The molecular formula is C33H66O4. The lowest BCUT2D eigenvalue weighted by atomic mass is 10.1. The molecule has 37 heavy (non-hydrogen) atoms. The summed E-state index contributed by atoms with van der Waals surface area (Å²) in [4.78, 5) is 0. The van der Waals surface area contributed by atoms with Crippen molar-refractivity contribution in [1.29, 1.82) is 0 Å². The summed E-state index contributed by atoms with van der Waals surface area (Å²) in [7, 11) is 0. The second-order valence-corrected chi connectivity index (χ2v) is 10.7. The van der Waals surface area contributed by atoms with Crippen molar-refractivity contribution in [2.45, 2.75) is 175 Å². The van der Waals surface area contributed by atoms with Crippen LogP contribution in [0.1, 0.15) is 168 Å². The third-order valence-electron chi connectivity index (χ3n) is 6.90. The molecule has 0 radical (unpaired) electrons. The molecule has 222 valence electrons. The normalized spacial score (nSPS) is 11.8. The van der Waals surface area contributed by atoms with E-state index in [0.717, 1.165) is 51.9 Å². The topological polar surface area (TPSA) is 36.9 Å². The summed E-state index contributed by atoms with van der Waals surface area (Å²) in [6, 6.07) is 0. The minimum atomic E-state index is 0.0122. The van der Waals surface area contributed by atoms with Crippen molar-refractivity contribution in [3.63, 3.8) is 0 Å². The lowest BCUT2D eigenvalue weighted by Gasteiger charge is -2.18. The number of unbranched alkanes of at least 4 members (excludes halogenated alkanes) is 18. The second kappa shape index (κ2) is 33.4. The SMILES string of the molecule is CCCCCCCCCCOCOC=CCCCCCCCCCC(OCCCCC)OCCCCC. The largest absolute Gasteiger partial charge is 0.475 e. The van der Waals surface area contributed by atoms with Crippen LogP contribution in [0.2, 0.25) is 0 Å². The first-order valence-electron chi connectivity index (χ1n) is 16.4. The average molecular weight is 527 g/mol. The van der Waals surface area contributed by atoms with Crippen molar-refractivity contribution < 1.29 is 18.9 Å². The van der Waals surface area contributed by atoms with E-state index in [1.165, 1.54) is 116 Å². The highest BCUT2D eigenvalue weighted by atomic mass is 16.7. The Hall–Kier alpha value is -0.580. The summed E-state index contributed by atoms with van der Waals surface area (Å²) in [6.07, 6.45) is 33.1. The summed E-state index contributed by atoms with van der Waals surface area (Å²) in [5.41, 5.74) is 0. The standard InChI is InChI=1S/C33H66O4/c1-4-7-10-11-12-17-20-25-28-34-32-35-29-26-21-18-15-13-14-16-19-22-27-33(36-30-23-8-5-2)37-31-24-9-6-3/h26,29,33H,4-25,27-28,30-32H2,1-3H3. The number of hydrogen-bond donors (Lipinski definition) is 0. The van der Waals surface area contributed by atoms with Crippen LogP contribution in [0.5, 0.6) is 0 Å². The molecule has 0 aliphatic carbocycles. The van der Waals surface area contributed by atoms with Crippen LogP contribution < -0.4 is 0 Å². The molecule has 0 spiro atoms. The summed E-state index contributed by atoms with van der Waals surface area (Å²) in [6.45, 7) is 9.64. The van der Waals surface area contributed by atoms with E-state index < -0.39 is 0 Å². The van der Waals surface area contributed by atoms with Gasteiger partial charge in [0.2, 0.25) is 0 Å². The molecule has 0 aliphatic rings. The Labute approximate surface area is 232 Å². The van der Waals surface area contributed by atoms with E-state index in [1.54, 1.807) is 0 Å². The highest BCUT2D eigenvalue weighted by Crippen LogP contribution is 2.14. The van der Waals surface area contributed by atoms with Gasteiger partial charge in [-0.1, -0.05) is 124 Å². The smallest absolute Gasteiger partial charge is 0.188 e. The van der Waals surface area contributed by atoms with Gasteiger partial charge >= 0.3 is 0 Å². The van der Waals surface area contributed by atoms with Gasteiger partial charge in [-0.3, -0.25) is 0 Å². The predicted molar refractivity (Wildman–Crippen MR) is 160 cm³/mol. The quantitative estimate of drug-likeness (QED) is 0.0496. The molecule has 0 saturated carbocycles. The van der Waals surface area contributed by atoms with Gasteiger partial charge in [-0.15, -0.1) is 0 Å². The van der Waals surface area contributed by atoms with Gasteiger partial charge < -0.3 is 18.9 Å². The summed E-state index contributed by atoms with van der Waals surface area (Å²) >= 11 is 0. The van der Waals surface area contributed by atoms with Crippen LogP contribution in [0.4, 0.5) is 0 Å². The molecule has 0 unspecified atom stereocenters. The fourth-order valence-electron chi connectivity index (χ4n) is 4.43. The van der Waals surface area contributed by atoms with Crippen LogP contribution >= 0.6 is 0 Å². The molecule has 0 aliphatic heterocycles. The molecule has 4 heteroatoms. The number of ether oxygens (including phenoxy) is 4. The molecule has 0 aromatic carbocycles. The van der Waals surface area contributed by atoms with Crippen LogP contribution in [0.15, 0.2) is 12.3 Å². The maximum Gasteiger partial charge on any atom is 0.188 e. The lowest BCUT2D eigenvalue weighted by Crippen LogP contribution is -2.19.